The highest BCUT2D eigenvalue weighted by Gasteiger charge is 2.14. The number of hydrogen-bond acceptors (Lipinski definition) is 2. The Morgan fingerprint density at radius 2 is 2.18 bits per heavy atom. The van der Waals surface area contributed by atoms with Crippen molar-refractivity contribution in [1.29, 1.82) is 0 Å². The lowest BCUT2D eigenvalue weighted by atomic mass is 10.0. The Morgan fingerprint density at radius 3 is 2.55 bits per heavy atom. The lowest BCUT2D eigenvalue weighted by molar-refractivity contribution is -0.122. The quantitative estimate of drug-likeness (QED) is 0.627. The van der Waals surface area contributed by atoms with Crippen LogP contribution in [-0.4, -0.2) is 17.0 Å². The van der Waals surface area contributed by atoms with Gasteiger partial charge in [-0.2, -0.15) is 0 Å². The second kappa shape index (κ2) is 5.08. The zero-order chi connectivity index (χ0) is 8.85. The number of ketones is 1. The summed E-state index contributed by atoms with van der Waals surface area (Å²) in [7, 11) is 0. The third-order valence-corrected chi connectivity index (χ3v) is 1.72. The van der Waals surface area contributed by atoms with Gasteiger partial charge < -0.3 is 5.11 Å². The van der Waals surface area contributed by atoms with Crippen molar-refractivity contribution >= 4 is 5.78 Å². The van der Waals surface area contributed by atoms with Gasteiger partial charge >= 0.3 is 0 Å². The Bertz CT molecular complexity index is 150. The van der Waals surface area contributed by atoms with Gasteiger partial charge in [0.25, 0.3) is 0 Å². The topological polar surface area (TPSA) is 37.3 Å². The predicted octanol–water partition coefficient (Wildman–Crippen LogP) is 1.54. The van der Waals surface area contributed by atoms with Crippen molar-refractivity contribution in [3.05, 3.63) is 12.2 Å². The minimum atomic E-state index is -0.618. The second-order valence-corrected chi connectivity index (χ2v) is 2.73. The summed E-state index contributed by atoms with van der Waals surface area (Å²) in [6.45, 7) is 5.21. The van der Waals surface area contributed by atoms with E-state index >= 15 is 0 Å². The zero-order valence-electron chi connectivity index (χ0n) is 7.37. The number of carbonyl (C=O) groups excluding carboxylic acids is 1. The Hall–Kier alpha value is -0.630. The molecular weight excluding hydrogens is 140 g/mol. The first-order chi connectivity index (χ1) is 5.09. The van der Waals surface area contributed by atoms with E-state index in [1.165, 1.54) is 6.92 Å². The first kappa shape index (κ1) is 10.4. The maximum Gasteiger partial charge on any atom is 0.135 e. The molecule has 11 heavy (non-hydrogen) atoms. The molecule has 0 amide bonds. The van der Waals surface area contributed by atoms with Crippen LogP contribution in [0.1, 0.15) is 27.2 Å². The number of carbonyl (C=O) groups is 1. The van der Waals surface area contributed by atoms with Crippen LogP contribution in [0.5, 0.6) is 0 Å². The van der Waals surface area contributed by atoms with Crippen LogP contribution in [0.2, 0.25) is 0 Å². The fourth-order valence-electron chi connectivity index (χ4n) is 0.683. The standard InChI is InChI=1S/C9H16O2/c1-4-5-6-9(11)7(2)8(3)10/h5-7,9,11H,4H2,1-3H3/b6-5+. The Labute approximate surface area is 67.9 Å². The minimum Gasteiger partial charge on any atom is -0.388 e. The average molecular weight is 156 g/mol. The summed E-state index contributed by atoms with van der Waals surface area (Å²) in [5, 5.41) is 9.31. The van der Waals surface area contributed by atoms with Crippen molar-refractivity contribution in [2.24, 2.45) is 5.92 Å². The number of aliphatic hydroxyl groups excluding tert-OH is 1. The fraction of sp³-hybridized carbons (Fsp3) is 0.667. The molecular formula is C9H16O2. The van der Waals surface area contributed by atoms with E-state index in [-0.39, 0.29) is 11.7 Å². The minimum absolute atomic E-state index is 0.0262. The molecule has 0 fully saturated rings. The molecule has 0 saturated carbocycles. The second-order valence-electron chi connectivity index (χ2n) is 2.73. The Kier molecular flexibility index (Phi) is 4.79. The Morgan fingerprint density at radius 1 is 1.64 bits per heavy atom. The summed E-state index contributed by atoms with van der Waals surface area (Å²) in [5.74, 6) is -0.254. The molecule has 2 unspecified atom stereocenters. The van der Waals surface area contributed by atoms with Crippen molar-refractivity contribution in [1.82, 2.24) is 0 Å². The summed E-state index contributed by atoms with van der Waals surface area (Å²) < 4.78 is 0. The molecule has 0 aliphatic carbocycles. The van der Waals surface area contributed by atoms with Crippen molar-refractivity contribution in [3.63, 3.8) is 0 Å². The smallest absolute Gasteiger partial charge is 0.135 e. The molecule has 0 aromatic heterocycles. The van der Waals surface area contributed by atoms with E-state index in [9.17, 15) is 9.90 Å². The van der Waals surface area contributed by atoms with E-state index in [4.69, 9.17) is 0 Å². The van der Waals surface area contributed by atoms with Crippen molar-refractivity contribution in [2.45, 2.75) is 33.3 Å². The third kappa shape index (κ3) is 3.94. The van der Waals surface area contributed by atoms with E-state index in [0.717, 1.165) is 6.42 Å². The largest absolute Gasteiger partial charge is 0.388 e. The van der Waals surface area contributed by atoms with Gasteiger partial charge in [-0.25, -0.2) is 0 Å². The first-order valence-electron chi connectivity index (χ1n) is 3.94. The van der Waals surface area contributed by atoms with E-state index in [0.29, 0.717) is 0 Å². The van der Waals surface area contributed by atoms with Gasteiger partial charge in [0.05, 0.1) is 6.10 Å². The number of hydrogen-bond donors (Lipinski definition) is 1. The number of aliphatic hydroxyl groups is 1. The number of allylic oxidation sites excluding steroid dienone is 1. The van der Waals surface area contributed by atoms with E-state index < -0.39 is 6.10 Å². The van der Waals surface area contributed by atoms with Crippen LogP contribution in [-0.2, 0) is 4.79 Å². The SMILES string of the molecule is CC/C=C/C(O)C(C)C(C)=O. The van der Waals surface area contributed by atoms with Gasteiger partial charge in [-0.1, -0.05) is 26.0 Å². The van der Waals surface area contributed by atoms with Crippen molar-refractivity contribution < 1.29 is 9.90 Å². The summed E-state index contributed by atoms with van der Waals surface area (Å²) in [6, 6.07) is 0. The molecule has 0 rings (SSSR count). The molecule has 0 radical (unpaired) electrons. The van der Waals surface area contributed by atoms with Crippen LogP contribution >= 0.6 is 0 Å². The lowest BCUT2D eigenvalue weighted by Gasteiger charge is -2.10. The van der Waals surface area contributed by atoms with E-state index in [2.05, 4.69) is 0 Å². The number of rotatable bonds is 4. The number of Topliss-reactive ketones (excluding diaryl/α,β-unsaturated/α-hetero) is 1. The van der Waals surface area contributed by atoms with Crippen LogP contribution in [0.4, 0.5) is 0 Å². The molecule has 0 heterocycles. The van der Waals surface area contributed by atoms with Crippen molar-refractivity contribution in [3.8, 4) is 0 Å². The highest BCUT2D eigenvalue weighted by atomic mass is 16.3. The summed E-state index contributed by atoms with van der Waals surface area (Å²) >= 11 is 0. The molecule has 0 aliphatic rings. The van der Waals surface area contributed by atoms with Crippen LogP contribution in [0.15, 0.2) is 12.2 Å². The van der Waals surface area contributed by atoms with Crippen molar-refractivity contribution in [2.75, 3.05) is 0 Å². The van der Waals surface area contributed by atoms with E-state index in [1.807, 2.05) is 13.0 Å². The molecule has 2 heteroatoms. The first-order valence-corrected chi connectivity index (χ1v) is 3.94. The van der Waals surface area contributed by atoms with Crippen LogP contribution in [0.3, 0.4) is 0 Å². The van der Waals surface area contributed by atoms with Gasteiger partial charge in [-0.05, 0) is 13.3 Å². The molecule has 64 valence electrons. The molecule has 0 saturated heterocycles. The van der Waals surface area contributed by atoms with Gasteiger partial charge in [-0.3, -0.25) is 4.79 Å². The van der Waals surface area contributed by atoms with Crippen LogP contribution in [0.25, 0.3) is 0 Å². The zero-order valence-corrected chi connectivity index (χ0v) is 7.37. The molecule has 0 aliphatic heterocycles. The Balaban J connectivity index is 3.91. The third-order valence-electron chi connectivity index (χ3n) is 1.72. The monoisotopic (exact) mass is 156 g/mol. The molecule has 0 bridgehead atoms. The molecule has 1 N–H and O–H groups in total. The highest BCUT2D eigenvalue weighted by molar-refractivity contribution is 5.78. The molecule has 0 aromatic carbocycles. The lowest BCUT2D eigenvalue weighted by Crippen LogP contribution is -2.21. The molecule has 2 nitrogen and oxygen atoms in total. The molecule has 0 spiro atoms. The molecule has 0 aromatic rings. The average Bonchev–Trinajstić information content (AvgIpc) is 1.98. The highest BCUT2D eigenvalue weighted by Crippen LogP contribution is 2.05. The normalized spacial score (nSPS) is 16.7. The van der Waals surface area contributed by atoms with Gasteiger partial charge in [0.1, 0.15) is 5.78 Å². The predicted molar refractivity (Wildman–Crippen MR) is 45.3 cm³/mol. The van der Waals surface area contributed by atoms with E-state index in [1.54, 1.807) is 13.0 Å². The van der Waals surface area contributed by atoms with Gasteiger partial charge in [0.15, 0.2) is 0 Å². The maximum atomic E-state index is 10.8. The molecule has 2 atom stereocenters. The maximum absolute atomic E-state index is 10.8. The van der Waals surface area contributed by atoms with Gasteiger partial charge in [-0.15, -0.1) is 0 Å². The fourth-order valence-corrected chi connectivity index (χ4v) is 0.683. The van der Waals surface area contributed by atoms with Gasteiger partial charge in [0, 0.05) is 5.92 Å². The van der Waals surface area contributed by atoms with Crippen LogP contribution < -0.4 is 0 Å². The summed E-state index contributed by atoms with van der Waals surface area (Å²) in [4.78, 5) is 10.8. The van der Waals surface area contributed by atoms with Crippen LogP contribution in [0, 0.1) is 5.92 Å². The summed E-state index contributed by atoms with van der Waals surface area (Å²) in [6.07, 6.45) is 3.81. The van der Waals surface area contributed by atoms with Gasteiger partial charge in [0.2, 0.25) is 0 Å². The summed E-state index contributed by atoms with van der Waals surface area (Å²) in [5.41, 5.74) is 0.